The number of hydrogen-bond acceptors (Lipinski definition) is 5. The molecule has 2 aliphatic rings. The van der Waals surface area contributed by atoms with E-state index in [0.29, 0.717) is 40.5 Å². The average molecular weight is 448 g/mol. The topological polar surface area (TPSA) is 65.0 Å². The van der Waals surface area contributed by atoms with Crippen molar-refractivity contribution in [2.24, 2.45) is 0 Å². The van der Waals surface area contributed by atoms with Crippen LogP contribution in [0.2, 0.25) is 0 Å². The second-order valence-electron chi connectivity index (χ2n) is 8.29. The van der Waals surface area contributed by atoms with E-state index in [0.717, 1.165) is 16.7 Å². The highest BCUT2D eigenvalue weighted by Gasteiger charge is 2.53. The quantitative estimate of drug-likeness (QED) is 0.378. The van der Waals surface area contributed by atoms with Gasteiger partial charge in [-0.1, -0.05) is 55.1 Å². The van der Waals surface area contributed by atoms with Crippen LogP contribution in [-0.2, 0) is 16.9 Å². The van der Waals surface area contributed by atoms with Crippen LogP contribution in [0.4, 0.5) is 0 Å². The van der Waals surface area contributed by atoms with E-state index in [9.17, 15) is 9.90 Å². The predicted molar refractivity (Wildman–Crippen MR) is 127 cm³/mol. The zero-order valence-electron chi connectivity index (χ0n) is 18.2. The van der Waals surface area contributed by atoms with Crippen LogP contribution < -0.4 is 9.47 Å². The Balaban J connectivity index is 1.43. The monoisotopic (exact) mass is 448 g/mol. The van der Waals surface area contributed by atoms with Crippen LogP contribution in [0.15, 0.2) is 91.5 Å². The van der Waals surface area contributed by atoms with Crippen molar-refractivity contribution in [1.29, 1.82) is 0 Å². The number of rotatable bonds is 4. The SMILES string of the molecule is C=Cc1ccc(COc2ccc3c(c2)Oc2cc(O)ccc2C32OC(=O)c3ccccc32)cc1. The van der Waals surface area contributed by atoms with Crippen molar-refractivity contribution < 1.29 is 24.1 Å². The summed E-state index contributed by atoms with van der Waals surface area (Å²) in [6, 6.07) is 25.7. The highest BCUT2D eigenvalue weighted by atomic mass is 16.6. The first-order valence-corrected chi connectivity index (χ1v) is 10.9. The second kappa shape index (κ2) is 7.52. The van der Waals surface area contributed by atoms with Crippen molar-refractivity contribution in [2.75, 3.05) is 0 Å². The number of phenols is 1. The van der Waals surface area contributed by atoms with Gasteiger partial charge in [-0.3, -0.25) is 0 Å². The van der Waals surface area contributed by atoms with Crippen LogP contribution in [0, 0.1) is 0 Å². The molecule has 4 aromatic carbocycles. The van der Waals surface area contributed by atoms with E-state index in [1.807, 2.05) is 54.6 Å². The first kappa shape index (κ1) is 20.1. The molecule has 5 nitrogen and oxygen atoms in total. The predicted octanol–water partition coefficient (Wildman–Crippen LogP) is 6.18. The first-order valence-electron chi connectivity index (χ1n) is 10.9. The smallest absolute Gasteiger partial charge is 0.340 e. The van der Waals surface area contributed by atoms with Crippen LogP contribution in [0.25, 0.3) is 6.08 Å². The minimum atomic E-state index is -1.16. The van der Waals surface area contributed by atoms with Crippen molar-refractivity contribution in [3.63, 3.8) is 0 Å². The minimum Gasteiger partial charge on any atom is -0.508 e. The number of ether oxygens (including phenoxy) is 3. The van der Waals surface area contributed by atoms with Crippen LogP contribution in [0.1, 0.15) is 38.2 Å². The lowest BCUT2D eigenvalue weighted by Crippen LogP contribution is -2.32. The van der Waals surface area contributed by atoms with Gasteiger partial charge in [-0.25, -0.2) is 4.79 Å². The molecule has 1 spiro atoms. The Hall–Kier alpha value is -4.51. The van der Waals surface area contributed by atoms with Gasteiger partial charge in [0.1, 0.15) is 29.6 Å². The van der Waals surface area contributed by atoms with Crippen LogP contribution in [-0.4, -0.2) is 11.1 Å². The number of carbonyl (C=O) groups excluding carboxylic acids is 1. The summed E-state index contributed by atoms with van der Waals surface area (Å²) in [5.74, 6) is 1.20. The summed E-state index contributed by atoms with van der Waals surface area (Å²) in [7, 11) is 0. The molecule has 166 valence electrons. The molecule has 0 fully saturated rings. The van der Waals surface area contributed by atoms with Crippen molar-refractivity contribution >= 4 is 12.0 Å². The molecule has 0 aromatic heterocycles. The third-order valence-corrected chi connectivity index (χ3v) is 6.29. The van der Waals surface area contributed by atoms with Gasteiger partial charge in [0.2, 0.25) is 0 Å². The maximum absolute atomic E-state index is 12.9. The molecule has 0 saturated heterocycles. The Morgan fingerprint density at radius 1 is 0.882 bits per heavy atom. The molecular weight excluding hydrogens is 428 g/mol. The van der Waals surface area contributed by atoms with Crippen LogP contribution in [0.3, 0.4) is 0 Å². The lowest BCUT2D eigenvalue weighted by Gasteiger charge is -2.36. The molecule has 1 unspecified atom stereocenters. The second-order valence-corrected chi connectivity index (χ2v) is 8.29. The highest BCUT2D eigenvalue weighted by molar-refractivity contribution is 5.97. The summed E-state index contributed by atoms with van der Waals surface area (Å²) in [4.78, 5) is 12.9. The number of hydrogen-bond donors (Lipinski definition) is 1. The Morgan fingerprint density at radius 2 is 1.62 bits per heavy atom. The third-order valence-electron chi connectivity index (χ3n) is 6.29. The minimum absolute atomic E-state index is 0.0605. The standard InChI is InChI=1S/C29H20O5/c1-2-18-7-9-19(10-8-18)17-32-21-12-14-25-27(16-21)33-26-15-20(30)11-13-24(26)29(25)23-6-4-3-5-22(23)28(31)34-29/h2-16,30H,1,17H2. The maximum Gasteiger partial charge on any atom is 0.340 e. The molecule has 0 radical (unpaired) electrons. The lowest BCUT2D eigenvalue weighted by atomic mass is 9.77. The highest BCUT2D eigenvalue weighted by Crippen LogP contribution is 2.56. The first-order chi connectivity index (χ1) is 16.6. The molecule has 1 N–H and O–H groups in total. The van der Waals surface area contributed by atoms with Gasteiger partial charge in [0, 0.05) is 28.8 Å². The molecule has 4 aromatic rings. The molecular formula is C29H20O5. The Morgan fingerprint density at radius 3 is 2.41 bits per heavy atom. The van der Waals surface area contributed by atoms with Crippen molar-refractivity contribution in [2.45, 2.75) is 12.2 Å². The van der Waals surface area contributed by atoms with Gasteiger partial charge in [0.05, 0.1) is 5.56 Å². The number of aromatic hydroxyl groups is 1. The van der Waals surface area contributed by atoms with Gasteiger partial charge in [0.15, 0.2) is 5.60 Å². The molecule has 2 heterocycles. The summed E-state index contributed by atoms with van der Waals surface area (Å²) in [5.41, 5.74) is 3.52. The van der Waals surface area contributed by atoms with E-state index in [1.165, 1.54) is 6.07 Å². The Labute approximate surface area is 196 Å². The Kier molecular flexibility index (Phi) is 4.45. The van der Waals surface area contributed by atoms with Gasteiger partial charge >= 0.3 is 5.97 Å². The van der Waals surface area contributed by atoms with Gasteiger partial charge in [-0.2, -0.15) is 0 Å². The van der Waals surface area contributed by atoms with Gasteiger partial charge in [0.25, 0.3) is 0 Å². The molecule has 0 aliphatic carbocycles. The molecule has 0 bridgehead atoms. The average Bonchev–Trinajstić information content (AvgIpc) is 3.15. The molecule has 34 heavy (non-hydrogen) atoms. The molecule has 1 atom stereocenters. The molecule has 6 rings (SSSR count). The van der Waals surface area contributed by atoms with Crippen molar-refractivity contribution in [3.05, 3.63) is 125 Å². The summed E-state index contributed by atoms with van der Waals surface area (Å²) in [5, 5.41) is 10.1. The van der Waals surface area contributed by atoms with E-state index in [2.05, 4.69) is 6.58 Å². The van der Waals surface area contributed by atoms with Gasteiger partial charge < -0.3 is 19.3 Å². The number of esters is 1. The Bertz CT molecular complexity index is 1450. The van der Waals surface area contributed by atoms with Crippen molar-refractivity contribution in [3.8, 4) is 23.0 Å². The van der Waals surface area contributed by atoms with E-state index < -0.39 is 11.6 Å². The zero-order chi connectivity index (χ0) is 23.3. The summed E-state index contributed by atoms with van der Waals surface area (Å²) in [6.45, 7) is 4.16. The molecule has 0 amide bonds. The normalized spacial score (nSPS) is 17.2. The molecule has 2 aliphatic heterocycles. The fourth-order valence-corrected chi connectivity index (χ4v) is 4.65. The molecule has 5 heteroatoms. The summed E-state index contributed by atoms with van der Waals surface area (Å²) < 4.78 is 18.3. The molecule has 0 saturated carbocycles. The number of fused-ring (bicyclic) bond motifs is 6. The zero-order valence-corrected chi connectivity index (χ0v) is 18.2. The number of carbonyl (C=O) groups is 1. The van der Waals surface area contributed by atoms with E-state index in [-0.39, 0.29) is 5.75 Å². The summed E-state index contributed by atoms with van der Waals surface area (Å²) in [6.07, 6.45) is 1.80. The number of benzene rings is 4. The number of phenolic OH excluding ortho intramolecular Hbond substituents is 1. The van der Waals surface area contributed by atoms with E-state index in [4.69, 9.17) is 14.2 Å². The fourth-order valence-electron chi connectivity index (χ4n) is 4.65. The maximum atomic E-state index is 12.9. The van der Waals surface area contributed by atoms with Crippen LogP contribution >= 0.6 is 0 Å². The fraction of sp³-hybridized carbons (Fsp3) is 0.0690. The van der Waals surface area contributed by atoms with Gasteiger partial charge in [-0.05, 0) is 41.5 Å². The third kappa shape index (κ3) is 2.98. The lowest BCUT2D eigenvalue weighted by molar-refractivity contribution is 0.0224. The van der Waals surface area contributed by atoms with E-state index in [1.54, 1.807) is 30.3 Å². The van der Waals surface area contributed by atoms with Crippen molar-refractivity contribution in [1.82, 2.24) is 0 Å². The summed E-state index contributed by atoms with van der Waals surface area (Å²) >= 11 is 0. The largest absolute Gasteiger partial charge is 0.508 e. The van der Waals surface area contributed by atoms with Crippen LogP contribution in [0.5, 0.6) is 23.0 Å². The van der Waals surface area contributed by atoms with Gasteiger partial charge in [-0.15, -0.1) is 0 Å². The van der Waals surface area contributed by atoms with E-state index >= 15 is 0 Å².